The lowest BCUT2D eigenvalue weighted by molar-refractivity contribution is 0.121. The molecule has 0 spiro atoms. The Balaban J connectivity index is 1.76. The van der Waals surface area contributed by atoms with Crippen molar-refractivity contribution in [2.45, 2.75) is 4.90 Å². The minimum atomic E-state index is 0.810. The third-order valence-corrected chi connectivity index (χ3v) is 3.12. The Hall–Kier alpha value is -0.510. The Kier molecular flexibility index (Phi) is 3.86. The van der Waals surface area contributed by atoms with Gasteiger partial charge >= 0.3 is 0 Å². The lowest BCUT2D eigenvalue weighted by Crippen LogP contribution is -2.34. The summed E-state index contributed by atoms with van der Waals surface area (Å²) in [5.74, 6) is 0.955. The highest BCUT2D eigenvalue weighted by atomic mass is 32.2. The molecular weight excluding hydrogens is 194 g/mol. The number of hydrogen-bond donors (Lipinski definition) is 1. The first-order valence-corrected chi connectivity index (χ1v) is 5.80. The molecule has 0 aliphatic carbocycles. The number of nitrogens with one attached hydrogen (secondary N) is 1. The van der Waals surface area contributed by atoms with Gasteiger partial charge in [0.1, 0.15) is 6.10 Å². The fourth-order valence-electron chi connectivity index (χ4n) is 1.32. The predicted octanol–water partition coefficient (Wildman–Crippen LogP) is 1.93. The second-order valence-corrected chi connectivity index (χ2v) is 4.21. The van der Waals surface area contributed by atoms with Crippen molar-refractivity contribution >= 4 is 11.8 Å². The molecule has 1 N–H and O–H groups in total. The van der Waals surface area contributed by atoms with Gasteiger partial charge in [-0.3, -0.25) is 0 Å². The molecule has 0 unspecified atom stereocenters. The molecule has 2 rings (SSSR count). The van der Waals surface area contributed by atoms with Crippen molar-refractivity contribution in [1.82, 2.24) is 5.32 Å². The van der Waals surface area contributed by atoms with E-state index >= 15 is 0 Å². The number of morpholine rings is 1. The van der Waals surface area contributed by atoms with Crippen molar-refractivity contribution in [3.8, 4) is 0 Å². The Morgan fingerprint density at radius 1 is 1.29 bits per heavy atom. The van der Waals surface area contributed by atoms with Gasteiger partial charge in [-0.15, -0.1) is 11.8 Å². The molecule has 0 atom stereocenters. The minimum absolute atomic E-state index is 0.810. The van der Waals surface area contributed by atoms with E-state index in [-0.39, 0.29) is 0 Å². The quantitative estimate of drug-likeness (QED) is 0.767. The maximum absolute atomic E-state index is 5.53. The van der Waals surface area contributed by atoms with Crippen LogP contribution in [0.3, 0.4) is 0 Å². The molecule has 1 aliphatic rings. The summed E-state index contributed by atoms with van der Waals surface area (Å²) in [7, 11) is 0. The van der Waals surface area contributed by atoms with Gasteiger partial charge in [0.2, 0.25) is 0 Å². The first kappa shape index (κ1) is 10.0. The van der Waals surface area contributed by atoms with Crippen LogP contribution in [0.25, 0.3) is 0 Å². The minimum Gasteiger partial charge on any atom is -0.368 e. The fraction of sp³-hybridized carbons (Fsp3) is 0.364. The summed E-state index contributed by atoms with van der Waals surface area (Å²) in [6.07, 6.45) is 1.16. The molecule has 1 heterocycles. The van der Waals surface area contributed by atoms with Gasteiger partial charge in [-0.25, -0.2) is 0 Å². The Morgan fingerprint density at radius 3 is 2.86 bits per heavy atom. The van der Waals surface area contributed by atoms with Crippen LogP contribution in [0.1, 0.15) is 0 Å². The number of hydrogen-bond acceptors (Lipinski definition) is 3. The molecule has 1 aromatic rings. The van der Waals surface area contributed by atoms with Gasteiger partial charge in [0, 0.05) is 23.7 Å². The monoisotopic (exact) mass is 208 g/mol. The summed E-state index contributed by atoms with van der Waals surface area (Å²) in [5, 5.41) is 3.30. The summed E-state index contributed by atoms with van der Waals surface area (Å²) in [4.78, 5) is 1.30. The zero-order chi connectivity index (χ0) is 9.64. The molecule has 1 saturated heterocycles. The van der Waals surface area contributed by atoms with Crippen LogP contribution in [-0.4, -0.2) is 25.4 Å². The molecule has 0 bridgehead atoms. The molecular formula is C11H14NOS. The van der Waals surface area contributed by atoms with Crippen molar-refractivity contribution in [2.75, 3.05) is 25.4 Å². The maximum atomic E-state index is 5.53. The van der Waals surface area contributed by atoms with Crippen LogP contribution in [0.4, 0.5) is 0 Å². The molecule has 0 aromatic heterocycles. The lowest BCUT2D eigenvalue weighted by Gasteiger charge is -2.21. The van der Waals surface area contributed by atoms with Gasteiger partial charge in [-0.2, -0.15) is 0 Å². The van der Waals surface area contributed by atoms with E-state index in [1.54, 1.807) is 0 Å². The van der Waals surface area contributed by atoms with E-state index in [2.05, 4.69) is 29.6 Å². The summed E-state index contributed by atoms with van der Waals surface area (Å²) in [5.41, 5.74) is 0. The molecule has 3 heteroatoms. The van der Waals surface area contributed by atoms with E-state index in [0.717, 1.165) is 31.6 Å². The number of benzene rings is 1. The molecule has 1 fully saturated rings. The van der Waals surface area contributed by atoms with Crippen LogP contribution < -0.4 is 5.32 Å². The summed E-state index contributed by atoms with van der Waals surface area (Å²) < 4.78 is 5.53. The van der Waals surface area contributed by atoms with E-state index in [1.807, 2.05) is 17.8 Å². The highest BCUT2D eigenvalue weighted by Crippen LogP contribution is 2.22. The molecule has 1 aromatic carbocycles. The third kappa shape index (κ3) is 3.01. The highest BCUT2D eigenvalue weighted by molar-refractivity contribution is 7.99. The van der Waals surface area contributed by atoms with Gasteiger partial charge in [0.25, 0.3) is 0 Å². The van der Waals surface area contributed by atoms with Gasteiger partial charge < -0.3 is 10.1 Å². The number of ether oxygens (including phenoxy) is 1. The predicted molar refractivity (Wildman–Crippen MR) is 59.2 cm³/mol. The lowest BCUT2D eigenvalue weighted by atomic mass is 10.3. The number of rotatable bonds is 3. The van der Waals surface area contributed by atoms with Crippen molar-refractivity contribution in [3.05, 3.63) is 36.4 Å². The Bertz CT molecular complexity index is 259. The summed E-state index contributed by atoms with van der Waals surface area (Å²) in [6.45, 7) is 2.68. The van der Waals surface area contributed by atoms with Crippen molar-refractivity contribution < 1.29 is 4.74 Å². The molecule has 0 saturated carbocycles. The first-order chi connectivity index (χ1) is 6.95. The second-order valence-electron chi connectivity index (χ2n) is 3.17. The molecule has 1 radical (unpaired) electrons. The Labute approximate surface area is 89.0 Å². The average molecular weight is 208 g/mol. The zero-order valence-electron chi connectivity index (χ0n) is 8.03. The third-order valence-electron chi connectivity index (χ3n) is 2.05. The van der Waals surface area contributed by atoms with Crippen LogP contribution in [0.15, 0.2) is 35.2 Å². The van der Waals surface area contributed by atoms with Gasteiger partial charge in [0.15, 0.2) is 0 Å². The van der Waals surface area contributed by atoms with E-state index in [4.69, 9.17) is 4.74 Å². The fourth-order valence-corrected chi connectivity index (χ4v) is 2.18. The number of thioether (sulfide) groups is 1. The molecule has 0 amide bonds. The van der Waals surface area contributed by atoms with Crippen LogP contribution >= 0.6 is 11.8 Å². The SMILES string of the molecule is c1ccc(SC[C]2CNCCO2)cc1. The maximum Gasteiger partial charge on any atom is 0.121 e. The van der Waals surface area contributed by atoms with E-state index < -0.39 is 0 Å². The average Bonchev–Trinajstić information content (AvgIpc) is 2.29. The van der Waals surface area contributed by atoms with Gasteiger partial charge in [-0.05, 0) is 12.1 Å². The standard InChI is InChI=1S/C11H14NOS/c1-2-4-11(5-3-1)14-9-10-8-12-6-7-13-10/h1-5,12H,6-9H2. The van der Waals surface area contributed by atoms with Gasteiger partial charge in [0.05, 0.1) is 6.61 Å². The van der Waals surface area contributed by atoms with E-state index in [1.165, 1.54) is 4.90 Å². The van der Waals surface area contributed by atoms with Crippen LogP contribution in [0.2, 0.25) is 0 Å². The molecule has 14 heavy (non-hydrogen) atoms. The normalized spacial score (nSPS) is 18.3. The largest absolute Gasteiger partial charge is 0.368 e. The van der Waals surface area contributed by atoms with Crippen molar-refractivity contribution in [1.29, 1.82) is 0 Å². The molecule has 2 nitrogen and oxygen atoms in total. The summed E-state index contributed by atoms with van der Waals surface area (Å²) in [6, 6.07) is 10.4. The highest BCUT2D eigenvalue weighted by Gasteiger charge is 2.14. The molecule has 1 aliphatic heterocycles. The summed E-state index contributed by atoms with van der Waals surface area (Å²) >= 11 is 1.82. The van der Waals surface area contributed by atoms with Gasteiger partial charge in [-0.1, -0.05) is 18.2 Å². The van der Waals surface area contributed by atoms with Crippen molar-refractivity contribution in [3.63, 3.8) is 0 Å². The molecule has 75 valence electrons. The van der Waals surface area contributed by atoms with E-state index in [0.29, 0.717) is 0 Å². The van der Waals surface area contributed by atoms with Crippen LogP contribution in [-0.2, 0) is 4.74 Å². The zero-order valence-corrected chi connectivity index (χ0v) is 8.85. The van der Waals surface area contributed by atoms with Crippen molar-refractivity contribution in [2.24, 2.45) is 0 Å². The first-order valence-electron chi connectivity index (χ1n) is 4.81. The second kappa shape index (κ2) is 5.39. The Morgan fingerprint density at radius 2 is 2.14 bits per heavy atom. The van der Waals surface area contributed by atoms with Crippen LogP contribution in [0.5, 0.6) is 0 Å². The van der Waals surface area contributed by atoms with Crippen LogP contribution in [0, 0.1) is 6.10 Å². The van der Waals surface area contributed by atoms with E-state index in [9.17, 15) is 0 Å². The smallest absolute Gasteiger partial charge is 0.121 e. The topological polar surface area (TPSA) is 21.3 Å².